The Bertz CT molecular complexity index is 905. The first-order chi connectivity index (χ1) is 13.2. The molecular weight excluding hydrogens is 346 g/mol. The molecule has 0 spiro atoms. The van der Waals surface area contributed by atoms with Gasteiger partial charge in [-0.3, -0.25) is 4.99 Å². The minimum absolute atomic E-state index is 0.110. The molecule has 0 amide bonds. The van der Waals surface area contributed by atoms with Crippen molar-refractivity contribution in [2.45, 2.75) is 40.2 Å². The zero-order valence-corrected chi connectivity index (χ0v) is 17.9. The van der Waals surface area contributed by atoms with Crippen LogP contribution < -0.4 is 9.47 Å². The lowest BCUT2D eigenvalue weighted by atomic mass is 9.71. The maximum absolute atomic E-state index is 5.33. The molecule has 0 saturated carbocycles. The maximum atomic E-state index is 5.33. The molecule has 2 aromatic rings. The van der Waals surface area contributed by atoms with Crippen molar-refractivity contribution >= 4 is 11.3 Å². The van der Waals surface area contributed by atoms with Crippen LogP contribution in [0.5, 0.6) is 11.5 Å². The highest BCUT2D eigenvalue weighted by atomic mass is 16.5. The van der Waals surface area contributed by atoms with Crippen LogP contribution in [0, 0.1) is 5.41 Å². The number of hydrogen-bond donors (Lipinski definition) is 0. The maximum Gasteiger partial charge on any atom is 0.118 e. The average Bonchev–Trinajstić information content (AvgIpc) is 2.83. The SMILES string of the molecule is COc1ccc(C(=C=C2C(C)=NC(C)(C)C2(C)C)c2ccc(OC)cc2)cc1. The molecular formula is C25H29NO2. The van der Waals surface area contributed by atoms with E-state index in [0.29, 0.717) is 0 Å². The lowest BCUT2D eigenvalue weighted by Gasteiger charge is -2.33. The lowest BCUT2D eigenvalue weighted by molar-refractivity contribution is 0.284. The molecule has 1 aliphatic rings. The molecule has 2 aromatic carbocycles. The minimum atomic E-state index is -0.162. The Hall–Kier alpha value is -2.77. The van der Waals surface area contributed by atoms with E-state index in [1.54, 1.807) is 14.2 Å². The van der Waals surface area contributed by atoms with Crippen LogP contribution in [-0.2, 0) is 0 Å². The van der Waals surface area contributed by atoms with E-state index >= 15 is 0 Å². The highest BCUT2D eigenvalue weighted by Crippen LogP contribution is 2.46. The van der Waals surface area contributed by atoms with Gasteiger partial charge in [0.1, 0.15) is 11.5 Å². The summed E-state index contributed by atoms with van der Waals surface area (Å²) in [6, 6.07) is 16.2. The Balaban J connectivity index is 2.26. The van der Waals surface area contributed by atoms with Gasteiger partial charge in [-0.25, -0.2) is 0 Å². The predicted molar refractivity (Wildman–Crippen MR) is 116 cm³/mol. The van der Waals surface area contributed by atoms with E-state index in [1.165, 1.54) is 0 Å². The van der Waals surface area contributed by atoms with Crippen LogP contribution in [0.25, 0.3) is 5.57 Å². The second-order valence-corrected chi connectivity index (χ2v) is 8.21. The van der Waals surface area contributed by atoms with Gasteiger partial charge in [0.25, 0.3) is 0 Å². The van der Waals surface area contributed by atoms with E-state index in [1.807, 2.05) is 24.3 Å². The minimum Gasteiger partial charge on any atom is -0.497 e. The first-order valence-corrected chi connectivity index (χ1v) is 9.56. The van der Waals surface area contributed by atoms with Crippen molar-refractivity contribution < 1.29 is 9.47 Å². The third-order valence-corrected chi connectivity index (χ3v) is 5.97. The van der Waals surface area contributed by atoms with Gasteiger partial charge in [0.05, 0.1) is 19.8 Å². The molecule has 0 aliphatic carbocycles. The fraction of sp³-hybridized carbons (Fsp3) is 0.360. The van der Waals surface area contributed by atoms with Crippen LogP contribution in [0.1, 0.15) is 45.7 Å². The Morgan fingerprint density at radius 3 is 1.54 bits per heavy atom. The second kappa shape index (κ2) is 7.33. The molecule has 28 heavy (non-hydrogen) atoms. The Kier molecular flexibility index (Phi) is 5.23. The molecule has 3 heteroatoms. The van der Waals surface area contributed by atoms with Crippen molar-refractivity contribution in [2.24, 2.45) is 10.4 Å². The third kappa shape index (κ3) is 3.50. The molecule has 3 rings (SSSR count). The van der Waals surface area contributed by atoms with Crippen molar-refractivity contribution in [3.63, 3.8) is 0 Å². The van der Waals surface area contributed by atoms with Crippen molar-refractivity contribution in [3.05, 3.63) is 71.0 Å². The first kappa shape index (κ1) is 20.0. The predicted octanol–water partition coefficient (Wildman–Crippen LogP) is 5.94. The molecule has 0 saturated heterocycles. The van der Waals surface area contributed by atoms with E-state index in [4.69, 9.17) is 14.5 Å². The smallest absolute Gasteiger partial charge is 0.118 e. The molecule has 0 atom stereocenters. The van der Waals surface area contributed by atoms with Crippen LogP contribution >= 0.6 is 0 Å². The number of hydrogen-bond acceptors (Lipinski definition) is 3. The highest BCUT2D eigenvalue weighted by molar-refractivity contribution is 6.03. The van der Waals surface area contributed by atoms with Gasteiger partial charge in [-0.1, -0.05) is 38.1 Å². The average molecular weight is 376 g/mol. The molecule has 0 N–H and O–H groups in total. The molecule has 146 valence electrons. The van der Waals surface area contributed by atoms with Crippen molar-refractivity contribution in [2.75, 3.05) is 14.2 Å². The monoisotopic (exact) mass is 375 g/mol. The van der Waals surface area contributed by atoms with Crippen LogP contribution in [0.2, 0.25) is 0 Å². The molecule has 1 aliphatic heterocycles. The first-order valence-electron chi connectivity index (χ1n) is 9.56. The van der Waals surface area contributed by atoms with Crippen LogP contribution in [0.15, 0.2) is 64.8 Å². The summed E-state index contributed by atoms with van der Waals surface area (Å²) in [5, 5.41) is 0. The van der Waals surface area contributed by atoms with E-state index < -0.39 is 0 Å². The summed E-state index contributed by atoms with van der Waals surface area (Å²) in [5.41, 5.74) is 8.89. The third-order valence-electron chi connectivity index (χ3n) is 5.97. The summed E-state index contributed by atoms with van der Waals surface area (Å²) in [5.74, 6) is 1.68. The summed E-state index contributed by atoms with van der Waals surface area (Å²) in [6.07, 6.45) is 0. The summed E-state index contributed by atoms with van der Waals surface area (Å²) in [7, 11) is 3.36. The summed E-state index contributed by atoms with van der Waals surface area (Å²) in [6.45, 7) is 10.9. The van der Waals surface area contributed by atoms with Gasteiger partial charge in [0.15, 0.2) is 0 Å². The number of aliphatic imine (C=N–C) groups is 1. The van der Waals surface area contributed by atoms with Crippen molar-refractivity contribution in [1.29, 1.82) is 0 Å². The molecule has 0 bridgehead atoms. The zero-order chi connectivity index (χ0) is 20.5. The van der Waals surface area contributed by atoms with Gasteiger partial charge in [-0.05, 0) is 56.2 Å². The number of methoxy groups -OCH3 is 2. The molecule has 0 radical (unpaired) electrons. The van der Waals surface area contributed by atoms with Gasteiger partial charge < -0.3 is 9.47 Å². The van der Waals surface area contributed by atoms with Gasteiger partial charge in [-0.2, -0.15) is 0 Å². The number of rotatable bonds is 4. The zero-order valence-electron chi connectivity index (χ0n) is 17.9. The molecule has 0 fully saturated rings. The highest BCUT2D eigenvalue weighted by Gasteiger charge is 2.45. The number of nitrogens with zero attached hydrogens (tertiary/aromatic N) is 1. The summed E-state index contributed by atoms with van der Waals surface area (Å²) in [4.78, 5) is 4.91. The second-order valence-electron chi connectivity index (χ2n) is 8.21. The van der Waals surface area contributed by atoms with E-state index in [-0.39, 0.29) is 11.0 Å². The molecule has 1 heterocycles. The fourth-order valence-electron chi connectivity index (χ4n) is 3.57. The van der Waals surface area contributed by atoms with Crippen LogP contribution in [0.4, 0.5) is 0 Å². The van der Waals surface area contributed by atoms with Crippen molar-refractivity contribution in [1.82, 2.24) is 0 Å². The summed E-state index contributed by atoms with van der Waals surface area (Å²) < 4.78 is 10.7. The standard InChI is InChI=1S/C25H29NO2/c1-17-23(24(2,3)25(4,5)26-17)16-22(18-8-12-20(27-6)13-9-18)19-10-14-21(28-7)15-11-19/h8-15H,1-7H3. The van der Waals surface area contributed by atoms with Crippen LogP contribution in [0.3, 0.4) is 0 Å². The van der Waals surface area contributed by atoms with Gasteiger partial charge in [-0.15, -0.1) is 5.73 Å². The van der Waals surface area contributed by atoms with E-state index in [0.717, 1.165) is 39.5 Å². The van der Waals surface area contributed by atoms with E-state index in [9.17, 15) is 0 Å². The quantitative estimate of drug-likeness (QED) is 0.619. The fourth-order valence-corrected chi connectivity index (χ4v) is 3.57. The van der Waals surface area contributed by atoms with Gasteiger partial charge in [0, 0.05) is 22.3 Å². The Morgan fingerprint density at radius 2 is 1.21 bits per heavy atom. The molecule has 0 unspecified atom stereocenters. The van der Waals surface area contributed by atoms with Gasteiger partial charge in [0.2, 0.25) is 0 Å². The Labute approximate surface area is 168 Å². The molecule has 0 aromatic heterocycles. The largest absolute Gasteiger partial charge is 0.497 e. The number of ether oxygens (including phenoxy) is 2. The van der Waals surface area contributed by atoms with Gasteiger partial charge >= 0.3 is 0 Å². The summed E-state index contributed by atoms with van der Waals surface area (Å²) >= 11 is 0. The Morgan fingerprint density at radius 1 is 0.786 bits per heavy atom. The molecule has 3 nitrogen and oxygen atoms in total. The number of benzene rings is 2. The topological polar surface area (TPSA) is 30.8 Å². The normalized spacial score (nSPS) is 17.0. The van der Waals surface area contributed by atoms with Crippen LogP contribution in [-0.4, -0.2) is 25.5 Å². The van der Waals surface area contributed by atoms with Crippen molar-refractivity contribution in [3.8, 4) is 11.5 Å². The lowest BCUT2D eigenvalue weighted by Crippen LogP contribution is -2.34. The van der Waals surface area contributed by atoms with E-state index in [2.05, 4.69) is 64.6 Å².